The van der Waals surface area contributed by atoms with Gasteiger partial charge in [0.25, 0.3) is 5.56 Å². The highest BCUT2D eigenvalue weighted by Gasteiger charge is 2.13. The lowest BCUT2D eigenvalue weighted by molar-refractivity contribution is 0.343. The van der Waals surface area contributed by atoms with Crippen molar-refractivity contribution in [1.82, 2.24) is 14.8 Å². The number of nitrogens with zero attached hydrogens (tertiary/aromatic N) is 3. The van der Waals surface area contributed by atoms with Crippen LogP contribution < -0.4 is 10.3 Å². The van der Waals surface area contributed by atoms with Gasteiger partial charge in [0, 0.05) is 5.39 Å². The molecule has 0 fully saturated rings. The molecule has 2 heterocycles. The Morgan fingerprint density at radius 2 is 2.04 bits per heavy atom. The summed E-state index contributed by atoms with van der Waals surface area (Å²) in [5, 5.41) is 6.26. The van der Waals surface area contributed by atoms with Gasteiger partial charge in [-0.15, -0.1) is 0 Å². The van der Waals surface area contributed by atoms with Crippen molar-refractivity contribution in [2.24, 2.45) is 0 Å². The van der Waals surface area contributed by atoms with E-state index in [9.17, 15) is 4.79 Å². The van der Waals surface area contributed by atoms with Crippen molar-refractivity contribution in [1.29, 1.82) is 0 Å². The fourth-order valence-corrected chi connectivity index (χ4v) is 3.44. The van der Waals surface area contributed by atoms with Crippen LogP contribution in [0.5, 0.6) is 5.75 Å². The minimum absolute atomic E-state index is 0.167. The molecule has 5 nitrogen and oxygen atoms in total. The average Bonchev–Trinajstić information content (AvgIpc) is 3.00. The maximum absolute atomic E-state index is 12.7. The van der Waals surface area contributed by atoms with Crippen molar-refractivity contribution < 1.29 is 4.74 Å². The van der Waals surface area contributed by atoms with Gasteiger partial charge in [-0.2, -0.15) is 9.78 Å². The second kappa shape index (κ2) is 5.48. The lowest BCUT2D eigenvalue weighted by Gasteiger charge is -2.02. The van der Waals surface area contributed by atoms with Crippen LogP contribution in [-0.2, 0) is 0 Å². The lowest BCUT2D eigenvalue weighted by atomic mass is 10.2. The first kappa shape index (κ1) is 13.9. The molecule has 0 amide bonds. The molecule has 4 rings (SSSR count). The van der Waals surface area contributed by atoms with Crippen molar-refractivity contribution in [3.05, 3.63) is 59.0 Å². The van der Waals surface area contributed by atoms with E-state index in [4.69, 9.17) is 4.74 Å². The normalized spacial score (nSPS) is 11.2. The molecule has 0 spiro atoms. The van der Waals surface area contributed by atoms with Crippen molar-refractivity contribution >= 4 is 32.3 Å². The molecular weight excluding hydrogens is 310 g/mol. The zero-order chi connectivity index (χ0) is 15.8. The van der Waals surface area contributed by atoms with Crippen LogP contribution in [0.1, 0.15) is 6.92 Å². The first-order chi connectivity index (χ1) is 11.3. The standard InChI is InChI=1S/C17H13N3O2S/c1-2-22-13-8-5-9-14-15(13)19-17(23-14)20-16(21)12-7-4-3-6-11(12)10-18-20/h3-10H,2H2,1H3. The summed E-state index contributed by atoms with van der Waals surface area (Å²) >= 11 is 1.42. The van der Waals surface area contributed by atoms with Gasteiger partial charge < -0.3 is 4.74 Å². The van der Waals surface area contributed by atoms with Gasteiger partial charge in [0.15, 0.2) is 0 Å². The van der Waals surface area contributed by atoms with Crippen molar-refractivity contribution in [2.75, 3.05) is 6.61 Å². The summed E-state index contributed by atoms with van der Waals surface area (Å²) in [6, 6.07) is 13.2. The number of hydrogen-bond acceptors (Lipinski definition) is 5. The highest BCUT2D eigenvalue weighted by molar-refractivity contribution is 7.20. The Balaban J connectivity index is 1.94. The number of ether oxygens (including phenoxy) is 1. The van der Waals surface area contributed by atoms with E-state index in [-0.39, 0.29) is 5.56 Å². The number of hydrogen-bond donors (Lipinski definition) is 0. The Morgan fingerprint density at radius 1 is 1.17 bits per heavy atom. The molecule has 0 atom stereocenters. The fourth-order valence-electron chi connectivity index (χ4n) is 2.50. The third kappa shape index (κ3) is 2.27. The molecule has 0 radical (unpaired) electrons. The van der Waals surface area contributed by atoms with Crippen LogP contribution >= 0.6 is 11.3 Å². The average molecular weight is 323 g/mol. The molecular formula is C17H13N3O2S. The summed E-state index contributed by atoms with van der Waals surface area (Å²) in [7, 11) is 0. The Labute approximate surface area is 135 Å². The predicted octanol–water partition coefficient (Wildman–Crippen LogP) is 3.39. The van der Waals surface area contributed by atoms with Crippen molar-refractivity contribution in [2.45, 2.75) is 6.92 Å². The Hall–Kier alpha value is -2.73. The quantitative estimate of drug-likeness (QED) is 0.580. The Morgan fingerprint density at radius 3 is 2.91 bits per heavy atom. The topological polar surface area (TPSA) is 57.0 Å². The second-order valence-electron chi connectivity index (χ2n) is 4.98. The molecule has 4 aromatic rings. The van der Waals surface area contributed by atoms with Crippen LogP contribution in [-0.4, -0.2) is 21.4 Å². The summed E-state index contributed by atoms with van der Waals surface area (Å²) in [5.74, 6) is 0.723. The van der Waals surface area contributed by atoms with E-state index in [1.54, 1.807) is 12.3 Å². The number of benzene rings is 2. The highest BCUT2D eigenvalue weighted by atomic mass is 32.1. The molecule has 0 unspecified atom stereocenters. The van der Waals surface area contributed by atoms with E-state index in [1.807, 2.05) is 43.3 Å². The summed E-state index contributed by atoms with van der Waals surface area (Å²) in [6.07, 6.45) is 1.69. The van der Waals surface area contributed by atoms with E-state index in [0.717, 1.165) is 21.4 Å². The SMILES string of the molecule is CCOc1cccc2sc(-n3ncc4ccccc4c3=O)nc12. The predicted molar refractivity (Wildman–Crippen MR) is 91.7 cm³/mol. The van der Waals surface area contributed by atoms with Gasteiger partial charge in [-0.3, -0.25) is 4.79 Å². The summed E-state index contributed by atoms with van der Waals surface area (Å²) in [5.41, 5.74) is 0.594. The van der Waals surface area contributed by atoms with Gasteiger partial charge >= 0.3 is 0 Å². The molecule has 0 aliphatic carbocycles. The molecule has 0 saturated carbocycles. The zero-order valence-corrected chi connectivity index (χ0v) is 13.2. The summed E-state index contributed by atoms with van der Waals surface area (Å²) in [4.78, 5) is 17.2. The minimum atomic E-state index is -0.167. The van der Waals surface area contributed by atoms with Crippen LogP contribution in [0.2, 0.25) is 0 Å². The van der Waals surface area contributed by atoms with Gasteiger partial charge in [0.05, 0.1) is 22.9 Å². The molecule has 0 saturated heterocycles. The fraction of sp³-hybridized carbons (Fsp3) is 0.118. The third-order valence-corrected chi connectivity index (χ3v) is 4.54. The highest BCUT2D eigenvalue weighted by Crippen LogP contribution is 2.30. The van der Waals surface area contributed by atoms with Gasteiger partial charge in [-0.1, -0.05) is 35.6 Å². The van der Waals surface area contributed by atoms with Crippen LogP contribution in [0, 0.1) is 0 Å². The van der Waals surface area contributed by atoms with Gasteiger partial charge in [0.1, 0.15) is 11.3 Å². The van der Waals surface area contributed by atoms with Crippen LogP contribution in [0.15, 0.2) is 53.5 Å². The smallest absolute Gasteiger partial charge is 0.281 e. The van der Waals surface area contributed by atoms with Gasteiger partial charge in [0.2, 0.25) is 5.13 Å². The molecule has 6 heteroatoms. The van der Waals surface area contributed by atoms with Crippen LogP contribution in [0.4, 0.5) is 0 Å². The Kier molecular flexibility index (Phi) is 3.31. The van der Waals surface area contributed by atoms with E-state index in [1.165, 1.54) is 16.0 Å². The maximum atomic E-state index is 12.7. The first-order valence-corrected chi connectivity index (χ1v) is 8.09. The van der Waals surface area contributed by atoms with Crippen LogP contribution in [0.3, 0.4) is 0 Å². The summed E-state index contributed by atoms with van der Waals surface area (Å²) in [6.45, 7) is 2.50. The number of rotatable bonds is 3. The maximum Gasteiger partial charge on any atom is 0.281 e. The number of para-hydroxylation sites is 1. The van der Waals surface area contributed by atoms with Gasteiger partial charge in [-0.25, -0.2) is 4.98 Å². The van der Waals surface area contributed by atoms with Crippen molar-refractivity contribution in [3.63, 3.8) is 0 Å². The number of aromatic nitrogens is 3. The molecule has 23 heavy (non-hydrogen) atoms. The third-order valence-electron chi connectivity index (χ3n) is 3.55. The monoisotopic (exact) mass is 323 g/mol. The number of fused-ring (bicyclic) bond motifs is 2. The Bertz CT molecular complexity index is 1070. The lowest BCUT2D eigenvalue weighted by Crippen LogP contribution is -2.20. The largest absolute Gasteiger partial charge is 0.492 e. The van der Waals surface area contributed by atoms with Gasteiger partial charge in [-0.05, 0) is 25.1 Å². The van der Waals surface area contributed by atoms with E-state index >= 15 is 0 Å². The molecule has 0 aliphatic rings. The van der Waals surface area contributed by atoms with E-state index < -0.39 is 0 Å². The van der Waals surface area contributed by atoms with E-state index in [0.29, 0.717) is 17.1 Å². The molecule has 2 aromatic heterocycles. The number of thiazole rings is 1. The molecule has 2 aromatic carbocycles. The van der Waals surface area contributed by atoms with Crippen LogP contribution in [0.25, 0.3) is 26.1 Å². The van der Waals surface area contributed by atoms with E-state index in [2.05, 4.69) is 10.1 Å². The molecule has 0 bridgehead atoms. The molecule has 0 aliphatic heterocycles. The zero-order valence-electron chi connectivity index (χ0n) is 12.4. The minimum Gasteiger partial charge on any atom is -0.492 e. The van der Waals surface area contributed by atoms with Crippen molar-refractivity contribution in [3.8, 4) is 10.9 Å². The molecule has 114 valence electrons. The summed E-state index contributed by atoms with van der Waals surface area (Å²) < 4.78 is 7.92. The molecule has 0 N–H and O–H groups in total. The second-order valence-corrected chi connectivity index (χ2v) is 5.99. The first-order valence-electron chi connectivity index (χ1n) is 7.27.